The summed E-state index contributed by atoms with van der Waals surface area (Å²) in [5.74, 6) is 0.779. The number of fused-ring (bicyclic) bond motifs is 4. The molecule has 0 unspecified atom stereocenters. The van der Waals surface area contributed by atoms with Crippen molar-refractivity contribution in [2.24, 2.45) is 10.9 Å². The Kier molecular flexibility index (Phi) is 4.71. The van der Waals surface area contributed by atoms with Crippen LogP contribution in [0, 0.1) is 5.92 Å². The molecule has 4 heterocycles. The molecule has 3 aromatic rings. The van der Waals surface area contributed by atoms with Gasteiger partial charge in [-0.25, -0.2) is 0 Å². The largest absolute Gasteiger partial charge is 0.342 e. The van der Waals surface area contributed by atoms with Crippen LogP contribution in [0.2, 0.25) is 0 Å². The number of piperidine rings is 1. The van der Waals surface area contributed by atoms with E-state index < -0.39 is 0 Å². The second kappa shape index (κ2) is 7.73. The van der Waals surface area contributed by atoms with E-state index in [9.17, 15) is 4.79 Å². The van der Waals surface area contributed by atoms with Crippen LogP contribution in [-0.4, -0.2) is 39.2 Å². The van der Waals surface area contributed by atoms with Gasteiger partial charge in [-0.3, -0.25) is 14.8 Å². The van der Waals surface area contributed by atoms with Crippen LogP contribution >= 0.6 is 0 Å². The first-order valence-electron chi connectivity index (χ1n) is 11.7. The number of nitrogens with zero attached hydrogens (tertiary/aromatic N) is 4. The summed E-state index contributed by atoms with van der Waals surface area (Å²) >= 11 is 0. The summed E-state index contributed by atoms with van der Waals surface area (Å²) < 4.78 is 2.41. The quantitative estimate of drug-likeness (QED) is 0.583. The number of pyridine rings is 1. The molecule has 2 aliphatic heterocycles. The molecule has 32 heavy (non-hydrogen) atoms. The first-order chi connectivity index (χ1) is 15.7. The minimum atomic E-state index is 0.254. The van der Waals surface area contributed by atoms with Gasteiger partial charge >= 0.3 is 0 Å². The molecule has 5 heteroatoms. The van der Waals surface area contributed by atoms with Gasteiger partial charge in [-0.2, -0.15) is 0 Å². The van der Waals surface area contributed by atoms with E-state index in [1.807, 2.05) is 12.3 Å². The number of para-hydroxylation sites is 1. The van der Waals surface area contributed by atoms with Crippen LogP contribution in [0.15, 0.2) is 53.8 Å². The molecule has 1 aliphatic carbocycles. The molecular formula is C27H28N4O. The van der Waals surface area contributed by atoms with Crippen molar-refractivity contribution in [2.75, 3.05) is 13.1 Å². The van der Waals surface area contributed by atoms with E-state index in [1.165, 1.54) is 22.0 Å². The zero-order valence-corrected chi connectivity index (χ0v) is 18.5. The molecule has 5 nitrogen and oxygen atoms in total. The Morgan fingerprint density at radius 1 is 1.22 bits per heavy atom. The molecule has 1 amide bonds. The number of hydrogen-bond acceptors (Lipinski definition) is 3. The van der Waals surface area contributed by atoms with Gasteiger partial charge in [0.05, 0.1) is 22.9 Å². The lowest BCUT2D eigenvalue weighted by Crippen LogP contribution is -2.44. The summed E-state index contributed by atoms with van der Waals surface area (Å²) in [5, 5.41) is 1.18. The summed E-state index contributed by atoms with van der Waals surface area (Å²) in [5.41, 5.74) is 7.16. The fourth-order valence-corrected chi connectivity index (χ4v) is 5.51. The number of rotatable bonds is 4. The fourth-order valence-electron chi connectivity index (χ4n) is 5.51. The average Bonchev–Trinajstić information content (AvgIpc) is 3.54. The number of allylic oxidation sites excluding steroid dienone is 1. The Morgan fingerprint density at radius 2 is 2.12 bits per heavy atom. The molecule has 0 saturated carbocycles. The van der Waals surface area contributed by atoms with Gasteiger partial charge < -0.3 is 9.47 Å². The molecule has 0 bridgehead atoms. The summed E-state index contributed by atoms with van der Waals surface area (Å²) in [4.78, 5) is 24.6. The number of benzene rings is 1. The van der Waals surface area contributed by atoms with Gasteiger partial charge in [0.15, 0.2) is 0 Å². The first kappa shape index (κ1) is 19.5. The Balaban J connectivity index is 1.18. The summed E-state index contributed by atoms with van der Waals surface area (Å²) in [6, 6.07) is 10.7. The number of likely N-dealkylation sites (tertiary alicyclic amines) is 1. The lowest BCUT2D eigenvalue weighted by molar-refractivity contribution is -0.133. The molecule has 1 saturated heterocycles. The van der Waals surface area contributed by atoms with Crippen molar-refractivity contribution in [1.82, 2.24) is 14.5 Å². The van der Waals surface area contributed by atoms with Crippen molar-refractivity contribution in [3.05, 3.63) is 65.6 Å². The monoisotopic (exact) mass is 424 g/mol. The van der Waals surface area contributed by atoms with E-state index in [0.29, 0.717) is 18.4 Å². The third-order valence-electron chi connectivity index (χ3n) is 7.39. The van der Waals surface area contributed by atoms with Crippen molar-refractivity contribution in [3.8, 4) is 0 Å². The standard InChI is InChI=1S/C27H28N4O/c1-18-11-13-30(26(32)10-9-21-15-19-5-2-3-7-23(19)29-21)17-25(18)31-14-12-20-16-28-24-8-4-6-22(24)27(20)31/h2-7,12,14,16,18,25H,8-11,13,15,17H2,1H3/t18-,25+/m1/s1. The number of aromatic nitrogens is 2. The Bertz CT molecular complexity index is 1270. The third-order valence-corrected chi connectivity index (χ3v) is 7.39. The van der Waals surface area contributed by atoms with E-state index in [4.69, 9.17) is 4.99 Å². The molecular weight excluding hydrogens is 396 g/mol. The lowest BCUT2D eigenvalue weighted by Gasteiger charge is -2.38. The molecule has 6 rings (SSSR count). The van der Waals surface area contributed by atoms with Crippen LogP contribution in [0.1, 0.15) is 49.0 Å². The Morgan fingerprint density at radius 3 is 3.03 bits per heavy atom. The molecule has 1 aromatic carbocycles. The second-order valence-corrected chi connectivity index (χ2v) is 9.41. The SMILES string of the molecule is C[C@@H]1CCN(C(=O)CCC2=Nc3ccccc3C2)C[C@@H]1n1ccc2cnc3c(c21)C=CC3. The van der Waals surface area contributed by atoms with Crippen molar-refractivity contribution in [3.63, 3.8) is 0 Å². The number of carbonyl (C=O) groups is 1. The van der Waals surface area contributed by atoms with Crippen LogP contribution in [0.5, 0.6) is 0 Å². The first-order valence-corrected chi connectivity index (χ1v) is 11.7. The minimum absolute atomic E-state index is 0.254. The number of carbonyl (C=O) groups excluding carboxylic acids is 1. The molecule has 1 fully saturated rings. The van der Waals surface area contributed by atoms with E-state index in [-0.39, 0.29) is 5.91 Å². The van der Waals surface area contributed by atoms with Crippen molar-refractivity contribution in [2.45, 2.75) is 45.1 Å². The molecule has 2 aromatic heterocycles. The maximum Gasteiger partial charge on any atom is 0.223 e. The molecule has 0 radical (unpaired) electrons. The molecule has 0 N–H and O–H groups in total. The van der Waals surface area contributed by atoms with Gasteiger partial charge in [0.1, 0.15) is 0 Å². The molecule has 2 atom stereocenters. The summed E-state index contributed by atoms with van der Waals surface area (Å²) in [6.07, 6.45) is 12.7. The highest BCUT2D eigenvalue weighted by molar-refractivity contribution is 5.96. The highest BCUT2D eigenvalue weighted by atomic mass is 16.2. The zero-order chi connectivity index (χ0) is 21.7. The van der Waals surface area contributed by atoms with E-state index >= 15 is 0 Å². The Hall–Kier alpha value is -3.21. The Labute approximate surface area is 188 Å². The maximum atomic E-state index is 13.1. The highest BCUT2D eigenvalue weighted by Crippen LogP contribution is 2.35. The normalized spacial score (nSPS) is 21.7. The third kappa shape index (κ3) is 3.27. The molecule has 162 valence electrons. The van der Waals surface area contributed by atoms with Gasteiger partial charge in [-0.1, -0.05) is 37.3 Å². The highest BCUT2D eigenvalue weighted by Gasteiger charge is 2.31. The minimum Gasteiger partial charge on any atom is -0.342 e. The van der Waals surface area contributed by atoms with Crippen LogP contribution in [0.4, 0.5) is 5.69 Å². The number of hydrogen-bond donors (Lipinski definition) is 0. The van der Waals surface area contributed by atoms with Gasteiger partial charge in [0.2, 0.25) is 5.91 Å². The smallest absolute Gasteiger partial charge is 0.223 e. The number of aliphatic imine (C=N–C) groups is 1. The fraction of sp³-hybridized carbons (Fsp3) is 0.370. The average molecular weight is 425 g/mol. The van der Waals surface area contributed by atoms with Crippen molar-refractivity contribution < 1.29 is 4.79 Å². The van der Waals surface area contributed by atoms with Crippen LogP contribution < -0.4 is 0 Å². The van der Waals surface area contributed by atoms with Gasteiger partial charge in [0, 0.05) is 61.4 Å². The van der Waals surface area contributed by atoms with E-state index in [0.717, 1.165) is 55.9 Å². The zero-order valence-electron chi connectivity index (χ0n) is 18.5. The molecule has 3 aliphatic rings. The second-order valence-electron chi connectivity index (χ2n) is 9.41. The topological polar surface area (TPSA) is 50.5 Å². The van der Waals surface area contributed by atoms with E-state index in [2.05, 4.69) is 64.0 Å². The van der Waals surface area contributed by atoms with Crippen LogP contribution in [0.3, 0.4) is 0 Å². The lowest BCUT2D eigenvalue weighted by atomic mass is 9.92. The predicted molar refractivity (Wildman–Crippen MR) is 128 cm³/mol. The number of amides is 1. The van der Waals surface area contributed by atoms with Crippen molar-refractivity contribution >= 4 is 34.3 Å². The van der Waals surface area contributed by atoms with Gasteiger partial charge in [0.25, 0.3) is 0 Å². The summed E-state index contributed by atoms with van der Waals surface area (Å²) in [6.45, 7) is 3.94. The van der Waals surface area contributed by atoms with Crippen molar-refractivity contribution in [1.29, 1.82) is 0 Å². The molecule has 0 spiro atoms. The van der Waals surface area contributed by atoms with Crippen LogP contribution in [0.25, 0.3) is 17.0 Å². The van der Waals surface area contributed by atoms with Crippen LogP contribution in [-0.2, 0) is 17.6 Å². The van der Waals surface area contributed by atoms with E-state index in [1.54, 1.807) is 0 Å². The van der Waals surface area contributed by atoms with Gasteiger partial charge in [-0.15, -0.1) is 0 Å². The maximum absolute atomic E-state index is 13.1. The summed E-state index contributed by atoms with van der Waals surface area (Å²) in [7, 11) is 0. The predicted octanol–water partition coefficient (Wildman–Crippen LogP) is 5.12. The van der Waals surface area contributed by atoms with Gasteiger partial charge in [-0.05, 0) is 36.5 Å².